The van der Waals surface area contributed by atoms with Crippen molar-refractivity contribution in [3.05, 3.63) is 96.8 Å². The monoisotopic (exact) mass is 475 g/mol. The summed E-state index contributed by atoms with van der Waals surface area (Å²) in [5, 5.41) is 2.29. The molecule has 3 aromatic rings. The Morgan fingerprint density at radius 1 is 0.941 bits per heavy atom. The first kappa shape index (κ1) is 25.4. The first-order valence-electron chi connectivity index (χ1n) is 11.5. The fourth-order valence-electron chi connectivity index (χ4n) is 4.07. The molecule has 178 valence electrons. The summed E-state index contributed by atoms with van der Waals surface area (Å²) in [5.74, 6) is 0.251. The third-order valence-corrected chi connectivity index (χ3v) is 10.5. The molecule has 0 fully saturated rings. The molecule has 0 aliphatic rings. The molecule has 0 aliphatic carbocycles. The molecule has 0 bridgehead atoms. The first-order valence-corrected chi connectivity index (χ1v) is 13.4. The van der Waals surface area contributed by atoms with E-state index >= 15 is 0 Å². The summed E-state index contributed by atoms with van der Waals surface area (Å²) in [5.41, 5.74) is 0.722. The smallest absolute Gasteiger partial charge is 0.330 e. The maximum atomic E-state index is 11.5. The molecule has 0 saturated carbocycles. The molecule has 34 heavy (non-hydrogen) atoms. The Balaban J connectivity index is 1.89. The van der Waals surface area contributed by atoms with Gasteiger partial charge in [-0.1, -0.05) is 81.4 Å². The van der Waals surface area contributed by atoms with Crippen LogP contribution in [0.5, 0.6) is 5.75 Å². The average Bonchev–Trinajstić information content (AvgIpc) is 2.84. The van der Waals surface area contributed by atoms with Gasteiger partial charge < -0.3 is 13.9 Å². The van der Waals surface area contributed by atoms with Crippen molar-refractivity contribution < 1.29 is 18.7 Å². The fourth-order valence-corrected chi connectivity index (χ4v) is 8.58. The van der Waals surface area contributed by atoms with Gasteiger partial charge in [-0.3, -0.25) is 4.98 Å². The van der Waals surface area contributed by atoms with Crippen LogP contribution in [0.4, 0.5) is 0 Å². The van der Waals surface area contributed by atoms with Gasteiger partial charge >= 0.3 is 5.97 Å². The minimum atomic E-state index is -2.69. The van der Waals surface area contributed by atoms with Crippen LogP contribution in [0.2, 0.25) is 5.04 Å². The maximum absolute atomic E-state index is 11.5. The number of carbonyl (C=O) groups excluding carboxylic acids is 1. The van der Waals surface area contributed by atoms with Crippen LogP contribution >= 0.6 is 0 Å². The largest absolute Gasteiger partial charge is 0.488 e. The lowest BCUT2D eigenvalue weighted by Gasteiger charge is -2.43. The summed E-state index contributed by atoms with van der Waals surface area (Å²) >= 11 is 0. The van der Waals surface area contributed by atoms with Crippen molar-refractivity contribution >= 4 is 24.7 Å². The predicted octanol–water partition coefficient (Wildman–Crippen LogP) is 4.66. The van der Waals surface area contributed by atoms with E-state index in [4.69, 9.17) is 13.9 Å². The van der Waals surface area contributed by atoms with Crippen molar-refractivity contribution in [2.75, 3.05) is 13.2 Å². The number of pyridine rings is 1. The van der Waals surface area contributed by atoms with Crippen molar-refractivity contribution in [3.63, 3.8) is 0 Å². The second-order valence-electron chi connectivity index (χ2n) is 8.87. The van der Waals surface area contributed by atoms with E-state index in [2.05, 4.69) is 74.3 Å². The molecule has 1 aromatic heterocycles. The number of benzene rings is 2. The Labute approximate surface area is 203 Å². The summed E-state index contributed by atoms with van der Waals surface area (Å²) in [7, 11) is -2.69. The molecule has 0 N–H and O–H groups in total. The quantitative estimate of drug-likeness (QED) is 0.243. The summed E-state index contributed by atoms with van der Waals surface area (Å²) < 4.78 is 17.8. The molecule has 2 aromatic carbocycles. The van der Waals surface area contributed by atoms with Gasteiger partial charge in [-0.2, -0.15) is 0 Å². The van der Waals surface area contributed by atoms with E-state index in [0.717, 1.165) is 5.69 Å². The third kappa shape index (κ3) is 6.01. The van der Waals surface area contributed by atoms with Crippen LogP contribution in [-0.4, -0.2) is 32.5 Å². The van der Waals surface area contributed by atoms with Gasteiger partial charge in [-0.05, 0) is 40.5 Å². The highest BCUT2D eigenvalue weighted by Gasteiger charge is 2.50. The summed E-state index contributed by atoms with van der Waals surface area (Å²) in [6.45, 7) is 9.40. The summed E-state index contributed by atoms with van der Waals surface area (Å²) in [4.78, 5) is 16.1. The van der Waals surface area contributed by atoms with E-state index in [1.165, 1.54) is 16.4 Å². The van der Waals surface area contributed by atoms with Gasteiger partial charge in [0.2, 0.25) is 0 Å². The van der Waals surface area contributed by atoms with Crippen molar-refractivity contribution in [1.82, 2.24) is 4.98 Å². The molecular formula is C28H33NO4Si. The molecule has 5 nitrogen and oxygen atoms in total. The first-order chi connectivity index (χ1) is 16.4. The number of nitrogens with zero attached hydrogens (tertiary/aromatic N) is 1. The molecule has 0 amide bonds. The molecule has 6 heteroatoms. The van der Waals surface area contributed by atoms with Crippen molar-refractivity contribution in [2.24, 2.45) is 0 Å². The van der Waals surface area contributed by atoms with E-state index in [1.807, 2.05) is 24.3 Å². The molecule has 1 heterocycles. The number of ether oxygens (including phenoxy) is 2. The minimum Gasteiger partial charge on any atom is -0.488 e. The van der Waals surface area contributed by atoms with Gasteiger partial charge in [0.25, 0.3) is 8.32 Å². The number of carbonyl (C=O) groups is 1. The van der Waals surface area contributed by atoms with Gasteiger partial charge in [0.15, 0.2) is 0 Å². The van der Waals surface area contributed by atoms with Crippen LogP contribution < -0.4 is 15.1 Å². The van der Waals surface area contributed by atoms with Crippen LogP contribution in [0, 0.1) is 0 Å². The second kappa shape index (κ2) is 11.8. The SMILES string of the molecule is CCOC(=O)/C=C/COc1cccnc1CO[Si](c1ccccc1)(c1ccccc1)C(C)(C)C. The van der Waals surface area contributed by atoms with Crippen molar-refractivity contribution in [1.29, 1.82) is 0 Å². The predicted molar refractivity (Wildman–Crippen MR) is 138 cm³/mol. The van der Waals surface area contributed by atoms with Crippen LogP contribution in [0.15, 0.2) is 91.1 Å². The number of esters is 1. The Kier molecular flexibility index (Phi) is 8.79. The highest BCUT2D eigenvalue weighted by Crippen LogP contribution is 2.37. The van der Waals surface area contributed by atoms with Gasteiger partial charge in [-0.15, -0.1) is 0 Å². The number of hydrogen-bond donors (Lipinski definition) is 0. The number of hydrogen-bond acceptors (Lipinski definition) is 5. The minimum absolute atomic E-state index is 0.131. The Morgan fingerprint density at radius 3 is 2.12 bits per heavy atom. The zero-order chi connectivity index (χ0) is 24.4. The molecule has 0 saturated heterocycles. The lowest BCUT2D eigenvalue weighted by molar-refractivity contribution is -0.137. The van der Waals surface area contributed by atoms with Gasteiger partial charge in [-0.25, -0.2) is 4.79 Å². The Morgan fingerprint density at radius 2 is 1.56 bits per heavy atom. The van der Waals surface area contributed by atoms with Gasteiger partial charge in [0.05, 0.1) is 13.2 Å². The lowest BCUT2D eigenvalue weighted by atomic mass is 10.2. The Bertz CT molecular complexity index is 1040. The van der Waals surface area contributed by atoms with E-state index in [0.29, 0.717) is 19.0 Å². The van der Waals surface area contributed by atoms with Crippen LogP contribution in [0.1, 0.15) is 33.4 Å². The third-order valence-electron chi connectivity index (χ3n) is 5.57. The normalized spacial score (nSPS) is 12.0. The molecular weight excluding hydrogens is 442 g/mol. The van der Waals surface area contributed by atoms with Gasteiger partial charge in [0, 0.05) is 12.3 Å². The molecule has 0 aliphatic heterocycles. The zero-order valence-corrected chi connectivity index (χ0v) is 21.4. The fraction of sp³-hybridized carbons (Fsp3) is 0.286. The molecule has 0 unspecified atom stereocenters. The standard InChI is InChI=1S/C28H33NO4Si/c1-5-31-27(30)19-13-21-32-26-18-12-20-29-25(26)22-33-34(28(2,3)4,23-14-8-6-9-15-23)24-16-10-7-11-17-24/h6-20H,5,21-22H2,1-4H3/b19-13+. The Hall–Kier alpha value is -3.22. The highest BCUT2D eigenvalue weighted by atomic mass is 28.4. The number of aromatic nitrogens is 1. The van der Waals surface area contributed by atoms with E-state index < -0.39 is 8.32 Å². The zero-order valence-electron chi connectivity index (χ0n) is 20.4. The second-order valence-corrected chi connectivity index (χ2v) is 13.2. The molecule has 0 radical (unpaired) electrons. The van der Waals surface area contributed by atoms with E-state index in [-0.39, 0.29) is 17.6 Å². The highest BCUT2D eigenvalue weighted by molar-refractivity contribution is 6.99. The lowest BCUT2D eigenvalue weighted by Crippen LogP contribution is -2.66. The number of rotatable bonds is 10. The molecule has 0 atom stereocenters. The molecule has 3 rings (SSSR count). The summed E-state index contributed by atoms with van der Waals surface area (Å²) in [6.07, 6.45) is 4.75. The van der Waals surface area contributed by atoms with Crippen LogP contribution in [0.3, 0.4) is 0 Å². The van der Waals surface area contributed by atoms with E-state index in [9.17, 15) is 4.79 Å². The molecule has 0 spiro atoms. The van der Waals surface area contributed by atoms with Gasteiger partial charge in [0.1, 0.15) is 18.1 Å². The summed E-state index contributed by atoms with van der Waals surface area (Å²) in [6, 6.07) is 24.7. The van der Waals surface area contributed by atoms with Crippen LogP contribution in [-0.2, 0) is 20.6 Å². The van der Waals surface area contributed by atoms with Crippen molar-refractivity contribution in [3.8, 4) is 5.75 Å². The maximum Gasteiger partial charge on any atom is 0.330 e. The average molecular weight is 476 g/mol. The van der Waals surface area contributed by atoms with Crippen molar-refractivity contribution in [2.45, 2.75) is 39.3 Å². The van der Waals surface area contributed by atoms with Crippen LogP contribution in [0.25, 0.3) is 0 Å². The topological polar surface area (TPSA) is 57.7 Å². The van der Waals surface area contributed by atoms with E-state index in [1.54, 1.807) is 19.2 Å².